The fourth-order valence-corrected chi connectivity index (χ4v) is 5.82. The topological polar surface area (TPSA) is 103 Å². The van der Waals surface area contributed by atoms with Gasteiger partial charge < -0.3 is 15.3 Å². The van der Waals surface area contributed by atoms with Gasteiger partial charge in [-0.05, 0) is 46.4 Å². The number of likely N-dealkylation sites (N-methyl/N-ethyl adjacent to an activating group) is 1. The number of piperazine rings is 1. The van der Waals surface area contributed by atoms with Crippen molar-refractivity contribution in [3.8, 4) is 10.6 Å². The average molecular weight is 489 g/mol. The minimum Gasteiger partial charge on any atom is -0.384 e. The number of aromatic nitrogens is 5. The summed E-state index contributed by atoms with van der Waals surface area (Å²) in [5.41, 5.74) is 2.31. The van der Waals surface area contributed by atoms with Crippen LogP contribution in [0, 0.1) is 6.92 Å². The van der Waals surface area contributed by atoms with Gasteiger partial charge in [-0.2, -0.15) is 4.98 Å². The summed E-state index contributed by atoms with van der Waals surface area (Å²) in [4.78, 5) is 28.0. The molecule has 0 spiro atoms. The highest BCUT2D eigenvalue weighted by Gasteiger charge is 2.42. The van der Waals surface area contributed by atoms with Gasteiger partial charge in [0.1, 0.15) is 22.2 Å². The van der Waals surface area contributed by atoms with Gasteiger partial charge in [-0.3, -0.25) is 9.88 Å². The molecule has 0 amide bonds. The molecule has 2 N–H and O–H groups in total. The van der Waals surface area contributed by atoms with Crippen molar-refractivity contribution in [2.45, 2.75) is 44.9 Å². The van der Waals surface area contributed by atoms with E-state index in [9.17, 15) is 5.11 Å². The van der Waals surface area contributed by atoms with Crippen molar-refractivity contribution < 1.29 is 5.11 Å². The van der Waals surface area contributed by atoms with Crippen molar-refractivity contribution in [3.63, 3.8) is 0 Å². The first-order chi connectivity index (χ1) is 16.7. The Balaban J connectivity index is 1.26. The Bertz CT molecular complexity index is 1410. The van der Waals surface area contributed by atoms with E-state index in [0.29, 0.717) is 23.6 Å². The highest BCUT2D eigenvalue weighted by atomic mass is 32.1. The number of hydrogen-bond donors (Lipinski definition) is 2. The number of aryl methyl sites for hydroxylation is 1. The smallest absolute Gasteiger partial charge is 0.227 e. The maximum absolute atomic E-state index is 10.3. The van der Waals surface area contributed by atoms with Gasteiger partial charge in [0.05, 0.1) is 15.9 Å². The minimum absolute atomic E-state index is 0.479. The largest absolute Gasteiger partial charge is 0.384 e. The summed E-state index contributed by atoms with van der Waals surface area (Å²) in [5, 5.41) is 14.5. The van der Waals surface area contributed by atoms with Crippen LogP contribution in [-0.4, -0.2) is 67.1 Å². The number of anilines is 3. The summed E-state index contributed by atoms with van der Waals surface area (Å²) in [6.07, 6.45) is 4.72. The van der Waals surface area contributed by atoms with Crippen LogP contribution in [0.4, 0.5) is 17.6 Å². The molecule has 9 nitrogen and oxygen atoms in total. The molecule has 0 saturated carbocycles. The van der Waals surface area contributed by atoms with Crippen molar-refractivity contribution in [1.82, 2.24) is 29.8 Å². The minimum atomic E-state index is -1.01. The first kappa shape index (κ1) is 22.3. The lowest BCUT2D eigenvalue weighted by molar-refractivity contribution is 0.0739. The van der Waals surface area contributed by atoms with Crippen LogP contribution in [0.3, 0.4) is 0 Å². The number of hydrogen-bond acceptors (Lipinski definition) is 10. The number of pyridine rings is 2. The molecule has 4 aromatic rings. The van der Waals surface area contributed by atoms with Gasteiger partial charge in [-0.25, -0.2) is 15.0 Å². The van der Waals surface area contributed by atoms with Crippen LogP contribution in [-0.2, 0) is 5.60 Å². The normalized spacial score (nSPS) is 20.2. The fraction of sp³-hybridized carbons (Fsp3) is 0.400. The van der Waals surface area contributed by atoms with E-state index in [1.807, 2.05) is 37.4 Å². The van der Waals surface area contributed by atoms with Crippen LogP contribution in [0.25, 0.3) is 20.8 Å². The maximum atomic E-state index is 10.3. The van der Waals surface area contributed by atoms with Gasteiger partial charge in [0.2, 0.25) is 5.95 Å². The van der Waals surface area contributed by atoms with Gasteiger partial charge in [0, 0.05) is 61.0 Å². The zero-order valence-electron chi connectivity index (χ0n) is 20.2. The molecule has 2 aliphatic rings. The molecule has 2 fully saturated rings. The predicted molar refractivity (Wildman–Crippen MR) is 138 cm³/mol. The first-order valence-electron chi connectivity index (χ1n) is 11.8. The second kappa shape index (κ2) is 8.18. The summed E-state index contributed by atoms with van der Waals surface area (Å²) in [7, 11) is 2.19. The Labute approximate surface area is 207 Å². The molecular formula is C25H28N8OS. The highest BCUT2D eigenvalue weighted by molar-refractivity contribution is 7.21. The molecule has 2 bridgehead atoms. The van der Waals surface area contributed by atoms with Crippen LogP contribution < -0.4 is 10.2 Å². The van der Waals surface area contributed by atoms with Crippen LogP contribution in [0.2, 0.25) is 0 Å². The van der Waals surface area contributed by atoms with Crippen molar-refractivity contribution in [2.75, 3.05) is 30.4 Å². The van der Waals surface area contributed by atoms with Crippen LogP contribution in [0.5, 0.6) is 0 Å². The van der Waals surface area contributed by atoms with E-state index in [-0.39, 0.29) is 0 Å². The van der Waals surface area contributed by atoms with Crippen molar-refractivity contribution in [3.05, 3.63) is 48.0 Å². The zero-order valence-corrected chi connectivity index (χ0v) is 21.0. The van der Waals surface area contributed by atoms with E-state index >= 15 is 0 Å². The first-order valence-corrected chi connectivity index (χ1v) is 12.6. The molecule has 6 heterocycles. The Morgan fingerprint density at radius 3 is 2.66 bits per heavy atom. The second-order valence-electron chi connectivity index (χ2n) is 10.00. The van der Waals surface area contributed by atoms with Gasteiger partial charge in [0.25, 0.3) is 0 Å². The van der Waals surface area contributed by atoms with Gasteiger partial charge in [-0.15, -0.1) is 11.3 Å². The molecule has 180 valence electrons. The molecule has 2 atom stereocenters. The lowest BCUT2D eigenvalue weighted by Gasteiger charge is -2.32. The molecular weight excluding hydrogens is 460 g/mol. The molecule has 0 aromatic carbocycles. The third kappa shape index (κ3) is 4.22. The van der Waals surface area contributed by atoms with E-state index < -0.39 is 5.60 Å². The molecule has 10 heteroatoms. The van der Waals surface area contributed by atoms with Crippen molar-refractivity contribution in [2.24, 2.45) is 0 Å². The van der Waals surface area contributed by atoms with Crippen LogP contribution >= 0.6 is 11.3 Å². The predicted octanol–water partition coefficient (Wildman–Crippen LogP) is 3.72. The number of aliphatic hydroxyl groups is 1. The Kier molecular flexibility index (Phi) is 5.21. The Morgan fingerprint density at radius 2 is 1.91 bits per heavy atom. The van der Waals surface area contributed by atoms with E-state index in [0.717, 1.165) is 51.3 Å². The zero-order chi connectivity index (χ0) is 24.3. The maximum Gasteiger partial charge on any atom is 0.227 e. The van der Waals surface area contributed by atoms with Crippen molar-refractivity contribution >= 4 is 39.1 Å². The number of likely N-dealkylation sites (tertiary alicyclic amines) is 1. The Morgan fingerprint density at radius 1 is 1.06 bits per heavy atom. The number of rotatable bonds is 5. The van der Waals surface area contributed by atoms with E-state index in [1.54, 1.807) is 31.4 Å². The lowest BCUT2D eigenvalue weighted by atomic mass is 10.0. The summed E-state index contributed by atoms with van der Waals surface area (Å²) in [6.45, 7) is 7.49. The molecule has 2 saturated heterocycles. The molecule has 0 radical (unpaired) electrons. The summed E-state index contributed by atoms with van der Waals surface area (Å²) >= 11 is 1.57. The molecule has 6 rings (SSSR count). The standard InChI is InChI=1S/C25H28N8OS/c1-14-7-22(31-24(28-14)33-13-16-9-17(33)12-32(16)4)30-21-10-18-19(11-27-21)35-23(29-18)15-5-6-26-20(8-15)25(2,3)34/h5-8,10-11,16-17,34H,9,12-13H2,1-4H3,(H,27,28,30,31)/t16-,17-/m0/s1. The lowest BCUT2D eigenvalue weighted by Crippen LogP contribution is -2.45. The number of nitrogens with zero attached hydrogens (tertiary/aromatic N) is 7. The fourth-order valence-electron chi connectivity index (χ4n) is 4.91. The van der Waals surface area contributed by atoms with Crippen LogP contribution in [0.1, 0.15) is 31.7 Å². The average Bonchev–Trinajstić information content (AvgIpc) is 3.51. The molecule has 35 heavy (non-hydrogen) atoms. The van der Waals surface area contributed by atoms with Gasteiger partial charge in [-0.1, -0.05) is 0 Å². The van der Waals surface area contributed by atoms with Crippen LogP contribution in [0.15, 0.2) is 36.7 Å². The molecule has 2 aliphatic heterocycles. The van der Waals surface area contributed by atoms with Gasteiger partial charge in [0.15, 0.2) is 0 Å². The third-order valence-electron chi connectivity index (χ3n) is 6.78. The quantitative estimate of drug-likeness (QED) is 0.435. The summed E-state index contributed by atoms with van der Waals surface area (Å²) in [5.74, 6) is 2.20. The molecule has 0 aliphatic carbocycles. The van der Waals surface area contributed by atoms with E-state index in [1.165, 1.54) is 6.42 Å². The monoisotopic (exact) mass is 488 g/mol. The van der Waals surface area contributed by atoms with E-state index in [2.05, 4.69) is 32.1 Å². The second-order valence-corrected chi connectivity index (χ2v) is 11.0. The summed E-state index contributed by atoms with van der Waals surface area (Å²) in [6, 6.07) is 8.75. The number of thiazole rings is 1. The highest BCUT2D eigenvalue weighted by Crippen LogP contribution is 2.34. The third-order valence-corrected chi connectivity index (χ3v) is 7.83. The van der Waals surface area contributed by atoms with Crippen molar-refractivity contribution in [1.29, 1.82) is 0 Å². The number of fused-ring (bicyclic) bond motifs is 3. The Hall–Kier alpha value is -3.21. The SMILES string of the molecule is Cc1cc(Nc2cc3nc(-c4ccnc(C(C)(C)O)c4)sc3cn2)nc(N2C[C@@H]3C[C@H]2CN3C)n1. The summed E-state index contributed by atoms with van der Waals surface area (Å²) < 4.78 is 0.990. The van der Waals surface area contributed by atoms with Gasteiger partial charge >= 0.3 is 0 Å². The van der Waals surface area contributed by atoms with E-state index in [4.69, 9.17) is 15.0 Å². The number of nitrogens with one attached hydrogen (secondary N) is 1. The molecule has 4 aromatic heterocycles. The molecule has 0 unspecified atom stereocenters.